The zero-order chi connectivity index (χ0) is 23.0. The number of nitriles is 1. The fourth-order valence-corrected chi connectivity index (χ4v) is 4.47. The van der Waals surface area contributed by atoms with E-state index in [1.54, 1.807) is 30.6 Å². The zero-order valence-electron chi connectivity index (χ0n) is 17.9. The summed E-state index contributed by atoms with van der Waals surface area (Å²) in [6, 6.07) is 17.0. The molecule has 0 radical (unpaired) electrons. The molecule has 166 valence electrons. The predicted octanol–water partition coefficient (Wildman–Crippen LogP) is 4.54. The molecular weight excluding hydrogens is 438 g/mol. The first-order valence-corrected chi connectivity index (χ1v) is 12.4. The number of fused-ring (bicyclic) bond motifs is 1. The molecule has 5 rings (SSSR count). The van der Waals surface area contributed by atoms with Gasteiger partial charge in [-0.25, -0.2) is 18.4 Å². The first-order chi connectivity index (χ1) is 15.9. The van der Waals surface area contributed by atoms with Crippen molar-refractivity contribution in [1.82, 2.24) is 14.5 Å². The van der Waals surface area contributed by atoms with E-state index in [2.05, 4.69) is 25.3 Å². The van der Waals surface area contributed by atoms with Crippen LogP contribution >= 0.6 is 0 Å². The molecular formula is C24H21N5O3S. The Kier molecular flexibility index (Phi) is 5.23. The van der Waals surface area contributed by atoms with Crippen LogP contribution in [0.1, 0.15) is 18.4 Å². The summed E-state index contributed by atoms with van der Waals surface area (Å²) in [5, 5.41) is 10.9. The van der Waals surface area contributed by atoms with Crippen molar-refractivity contribution >= 4 is 26.6 Å². The van der Waals surface area contributed by atoms with Crippen molar-refractivity contribution < 1.29 is 13.2 Å². The van der Waals surface area contributed by atoms with Crippen molar-refractivity contribution in [2.24, 2.45) is 5.92 Å². The number of ether oxygens (including phenoxy) is 1. The summed E-state index contributed by atoms with van der Waals surface area (Å²) in [5.41, 5.74) is 3.62. The molecule has 0 unspecified atom stereocenters. The molecule has 0 saturated heterocycles. The number of hydrogen-bond donors (Lipinski definition) is 1. The SMILES string of the molecule is CS(=O)(=O)Nc1ccc(-c2c(C#N)c3ccc(Oc4ncccn4)cc3n2CC2CC2)cc1. The average Bonchev–Trinajstić information content (AvgIpc) is 3.56. The summed E-state index contributed by atoms with van der Waals surface area (Å²) in [6.45, 7) is 0.794. The number of nitrogens with zero attached hydrogens (tertiary/aromatic N) is 4. The molecule has 1 fully saturated rings. The van der Waals surface area contributed by atoms with E-state index in [0.717, 1.165) is 47.8 Å². The smallest absolute Gasteiger partial charge is 0.321 e. The van der Waals surface area contributed by atoms with E-state index >= 15 is 0 Å². The summed E-state index contributed by atoms with van der Waals surface area (Å²) in [4.78, 5) is 8.23. The van der Waals surface area contributed by atoms with Gasteiger partial charge in [0.25, 0.3) is 0 Å². The third-order valence-corrected chi connectivity index (χ3v) is 6.10. The van der Waals surface area contributed by atoms with E-state index in [9.17, 15) is 13.7 Å². The molecule has 9 heteroatoms. The Hall–Kier alpha value is -3.90. The lowest BCUT2D eigenvalue weighted by Gasteiger charge is -2.12. The monoisotopic (exact) mass is 459 g/mol. The van der Waals surface area contributed by atoms with Crippen LogP contribution in [0.2, 0.25) is 0 Å². The molecule has 2 aromatic carbocycles. The van der Waals surface area contributed by atoms with Crippen molar-refractivity contribution in [3.8, 4) is 29.1 Å². The van der Waals surface area contributed by atoms with E-state index in [4.69, 9.17) is 4.74 Å². The number of nitrogens with one attached hydrogen (secondary N) is 1. The van der Waals surface area contributed by atoms with Crippen LogP contribution in [0, 0.1) is 17.2 Å². The predicted molar refractivity (Wildman–Crippen MR) is 125 cm³/mol. The van der Waals surface area contributed by atoms with E-state index in [-0.39, 0.29) is 6.01 Å². The van der Waals surface area contributed by atoms with Crippen molar-refractivity contribution in [2.75, 3.05) is 11.0 Å². The highest BCUT2D eigenvalue weighted by atomic mass is 32.2. The van der Waals surface area contributed by atoms with Gasteiger partial charge in [0.1, 0.15) is 11.8 Å². The van der Waals surface area contributed by atoms with E-state index in [0.29, 0.717) is 22.9 Å². The van der Waals surface area contributed by atoms with Crippen LogP contribution in [-0.2, 0) is 16.6 Å². The molecule has 1 aliphatic rings. The van der Waals surface area contributed by atoms with Crippen LogP contribution < -0.4 is 9.46 Å². The second kappa shape index (κ2) is 8.22. The highest BCUT2D eigenvalue weighted by Crippen LogP contribution is 2.40. The average molecular weight is 460 g/mol. The molecule has 0 atom stereocenters. The largest absolute Gasteiger partial charge is 0.424 e. The topological polar surface area (TPSA) is 110 Å². The van der Waals surface area contributed by atoms with Gasteiger partial charge in [0.15, 0.2) is 0 Å². The maximum atomic E-state index is 11.5. The molecule has 8 nitrogen and oxygen atoms in total. The Morgan fingerprint density at radius 2 is 1.88 bits per heavy atom. The van der Waals surface area contributed by atoms with Crippen LogP contribution in [0.15, 0.2) is 60.9 Å². The molecule has 0 amide bonds. The van der Waals surface area contributed by atoms with Gasteiger partial charge in [0.05, 0.1) is 23.0 Å². The lowest BCUT2D eigenvalue weighted by atomic mass is 10.1. The summed E-state index contributed by atoms with van der Waals surface area (Å²) in [6.07, 6.45) is 6.66. The molecule has 0 aliphatic heterocycles. The highest BCUT2D eigenvalue weighted by molar-refractivity contribution is 7.92. The van der Waals surface area contributed by atoms with Crippen LogP contribution in [0.25, 0.3) is 22.2 Å². The van der Waals surface area contributed by atoms with Gasteiger partial charge in [0, 0.05) is 36.1 Å². The maximum absolute atomic E-state index is 11.5. The number of aromatic nitrogens is 3. The Labute approximate surface area is 191 Å². The van der Waals surface area contributed by atoms with E-state index in [1.807, 2.05) is 30.3 Å². The summed E-state index contributed by atoms with van der Waals surface area (Å²) in [7, 11) is -3.37. The first-order valence-electron chi connectivity index (χ1n) is 10.5. The Balaban J connectivity index is 1.62. The fraction of sp³-hybridized carbons (Fsp3) is 0.208. The molecule has 4 aromatic rings. The maximum Gasteiger partial charge on any atom is 0.321 e. The third-order valence-electron chi connectivity index (χ3n) is 5.50. The van der Waals surface area contributed by atoms with Gasteiger partial charge in [-0.1, -0.05) is 12.1 Å². The minimum absolute atomic E-state index is 0.256. The second-order valence-electron chi connectivity index (χ2n) is 8.15. The number of sulfonamides is 1. The van der Waals surface area contributed by atoms with Gasteiger partial charge in [-0.3, -0.25) is 4.72 Å². The van der Waals surface area contributed by atoms with E-state index < -0.39 is 10.0 Å². The summed E-state index contributed by atoms with van der Waals surface area (Å²) >= 11 is 0. The molecule has 1 saturated carbocycles. The van der Waals surface area contributed by atoms with Crippen molar-refractivity contribution in [2.45, 2.75) is 19.4 Å². The molecule has 2 aromatic heterocycles. The van der Waals surface area contributed by atoms with Crippen LogP contribution in [0.3, 0.4) is 0 Å². The van der Waals surface area contributed by atoms with Gasteiger partial charge < -0.3 is 9.30 Å². The van der Waals surface area contributed by atoms with Gasteiger partial charge >= 0.3 is 6.01 Å². The number of anilines is 1. The number of rotatable bonds is 7. The molecule has 0 bridgehead atoms. The molecule has 33 heavy (non-hydrogen) atoms. The van der Waals surface area contributed by atoms with E-state index in [1.165, 1.54) is 0 Å². The lowest BCUT2D eigenvalue weighted by molar-refractivity contribution is 0.442. The standard InChI is InChI=1S/C24H21N5O3S/c1-33(30,31)28-18-7-5-17(6-8-18)23-21(14-25)20-10-9-19(32-24-26-11-2-12-27-24)13-22(20)29(23)15-16-3-4-16/h2,5-13,16,28H,3-4,15H2,1H3. The Bertz CT molecular complexity index is 1470. The third kappa shape index (κ3) is 4.52. The second-order valence-corrected chi connectivity index (χ2v) is 9.90. The van der Waals surface area contributed by atoms with Crippen molar-refractivity contribution in [3.63, 3.8) is 0 Å². The van der Waals surface area contributed by atoms with Crippen LogP contribution in [0.5, 0.6) is 11.8 Å². The minimum Gasteiger partial charge on any atom is -0.424 e. The Morgan fingerprint density at radius 3 is 2.52 bits per heavy atom. The minimum atomic E-state index is -3.37. The zero-order valence-corrected chi connectivity index (χ0v) is 18.7. The number of benzene rings is 2. The molecule has 1 aliphatic carbocycles. The first kappa shape index (κ1) is 21.0. The fourth-order valence-electron chi connectivity index (χ4n) is 3.91. The quantitative estimate of drug-likeness (QED) is 0.434. The summed E-state index contributed by atoms with van der Waals surface area (Å²) in [5.74, 6) is 1.16. The van der Waals surface area contributed by atoms with Crippen LogP contribution in [0.4, 0.5) is 5.69 Å². The van der Waals surface area contributed by atoms with Gasteiger partial charge in [0.2, 0.25) is 10.0 Å². The van der Waals surface area contributed by atoms with Gasteiger partial charge in [-0.2, -0.15) is 5.26 Å². The lowest BCUT2D eigenvalue weighted by Crippen LogP contribution is -2.09. The highest BCUT2D eigenvalue weighted by Gasteiger charge is 2.27. The normalized spacial score (nSPS) is 13.6. The van der Waals surface area contributed by atoms with Gasteiger partial charge in [-0.15, -0.1) is 0 Å². The molecule has 0 spiro atoms. The van der Waals surface area contributed by atoms with Gasteiger partial charge in [-0.05, 0) is 54.7 Å². The van der Waals surface area contributed by atoms with Crippen molar-refractivity contribution in [1.29, 1.82) is 5.26 Å². The molecule has 1 N–H and O–H groups in total. The molecule has 2 heterocycles. The van der Waals surface area contributed by atoms with Crippen LogP contribution in [-0.4, -0.2) is 29.2 Å². The number of hydrogen-bond acceptors (Lipinski definition) is 6. The summed E-state index contributed by atoms with van der Waals surface area (Å²) < 4.78 is 33.6. The Morgan fingerprint density at radius 1 is 1.15 bits per heavy atom. The van der Waals surface area contributed by atoms with Crippen molar-refractivity contribution in [3.05, 3.63) is 66.5 Å².